The van der Waals surface area contributed by atoms with Crippen molar-refractivity contribution >= 4 is 40.7 Å². The van der Waals surface area contributed by atoms with Crippen molar-refractivity contribution in [2.24, 2.45) is 5.92 Å². The first kappa shape index (κ1) is 27.1. The van der Waals surface area contributed by atoms with Gasteiger partial charge >= 0.3 is 0 Å². The molecule has 3 saturated heterocycles. The SMILES string of the molecule is CC1(C)C[C@@H](N2C(=O)c3cccc(N4CCC[C@@H](C(=O)N5CCN(c6cccc(Cl)c6)CC5)C4)c3C2=O)CCO1. The summed E-state index contributed by atoms with van der Waals surface area (Å²) in [6.45, 7) is 8.73. The van der Waals surface area contributed by atoms with Crippen LogP contribution in [0.2, 0.25) is 5.02 Å². The Kier molecular flexibility index (Phi) is 7.25. The third-order valence-corrected chi connectivity index (χ3v) is 9.07. The van der Waals surface area contributed by atoms with Gasteiger partial charge in [0, 0.05) is 62.6 Å². The number of anilines is 2. The average molecular weight is 565 g/mol. The fourth-order valence-corrected chi connectivity index (χ4v) is 7.00. The van der Waals surface area contributed by atoms with Crippen LogP contribution in [0.4, 0.5) is 11.4 Å². The van der Waals surface area contributed by atoms with Crippen molar-refractivity contribution in [2.45, 2.75) is 51.2 Å². The number of imide groups is 1. The third-order valence-electron chi connectivity index (χ3n) is 8.84. The van der Waals surface area contributed by atoms with Crippen LogP contribution in [-0.2, 0) is 9.53 Å². The molecule has 0 N–H and O–H groups in total. The summed E-state index contributed by atoms with van der Waals surface area (Å²) in [5.41, 5.74) is 2.44. The van der Waals surface area contributed by atoms with Gasteiger partial charge in [0.15, 0.2) is 0 Å². The second-order valence-corrected chi connectivity index (χ2v) is 12.4. The highest BCUT2D eigenvalue weighted by Crippen LogP contribution is 2.38. The topological polar surface area (TPSA) is 73.4 Å². The molecule has 8 nitrogen and oxygen atoms in total. The number of fused-ring (bicyclic) bond motifs is 1. The van der Waals surface area contributed by atoms with Crippen molar-refractivity contribution in [2.75, 3.05) is 55.7 Å². The monoisotopic (exact) mass is 564 g/mol. The van der Waals surface area contributed by atoms with Gasteiger partial charge < -0.3 is 19.4 Å². The number of hydrogen-bond donors (Lipinski definition) is 0. The molecule has 3 fully saturated rings. The van der Waals surface area contributed by atoms with Gasteiger partial charge in [0.1, 0.15) is 0 Å². The number of nitrogens with zero attached hydrogens (tertiary/aromatic N) is 4. The molecule has 9 heteroatoms. The molecule has 0 radical (unpaired) electrons. The normalized spacial score (nSPS) is 24.9. The highest BCUT2D eigenvalue weighted by Gasteiger charge is 2.45. The molecule has 2 atom stereocenters. The van der Waals surface area contributed by atoms with Crippen molar-refractivity contribution < 1.29 is 19.1 Å². The van der Waals surface area contributed by atoms with E-state index in [0.717, 1.165) is 43.9 Å². The molecule has 4 aliphatic rings. The fraction of sp³-hybridized carbons (Fsp3) is 0.516. The molecule has 212 valence electrons. The predicted molar refractivity (Wildman–Crippen MR) is 155 cm³/mol. The minimum absolute atomic E-state index is 0.137. The molecule has 40 heavy (non-hydrogen) atoms. The average Bonchev–Trinajstić information content (AvgIpc) is 3.22. The second kappa shape index (κ2) is 10.7. The van der Waals surface area contributed by atoms with Gasteiger partial charge in [-0.25, -0.2) is 0 Å². The van der Waals surface area contributed by atoms with E-state index in [1.807, 2.05) is 49.1 Å². The van der Waals surface area contributed by atoms with Gasteiger partial charge in [-0.1, -0.05) is 23.7 Å². The number of piperazine rings is 1. The Morgan fingerprint density at radius 2 is 1.73 bits per heavy atom. The standard InChI is InChI=1S/C31H37ClN4O4/c1-31(2)19-24(11-17-40-31)36-29(38)25-9-4-10-26(27(25)30(36)39)35-12-5-6-21(20-35)28(37)34-15-13-33(14-16-34)23-8-3-7-22(32)18-23/h3-4,7-10,18,21,24H,5-6,11-17,19-20H2,1-2H3/t21-,24+/m1/s1. The summed E-state index contributed by atoms with van der Waals surface area (Å²) < 4.78 is 5.84. The molecule has 2 aromatic rings. The Morgan fingerprint density at radius 1 is 0.950 bits per heavy atom. The van der Waals surface area contributed by atoms with E-state index in [2.05, 4.69) is 15.9 Å². The first-order chi connectivity index (χ1) is 19.2. The Bertz CT molecular complexity index is 1320. The van der Waals surface area contributed by atoms with Crippen molar-refractivity contribution in [3.8, 4) is 0 Å². The van der Waals surface area contributed by atoms with Crippen LogP contribution in [0.3, 0.4) is 0 Å². The lowest BCUT2D eigenvalue weighted by Gasteiger charge is -2.40. The number of hydrogen-bond acceptors (Lipinski definition) is 6. The Morgan fingerprint density at radius 3 is 2.48 bits per heavy atom. The Hall–Kier alpha value is -3.10. The van der Waals surface area contributed by atoms with E-state index in [0.29, 0.717) is 55.2 Å². The van der Waals surface area contributed by atoms with E-state index in [9.17, 15) is 14.4 Å². The number of rotatable bonds is 4. The zero-order chi connectivity index (χ0) is 28.0. The number of halogens is 1. The summed E-state index contributed by atoms with van der Waals surface area (Å²) in [4.78, 5) is 48.7. The Labute approximate surface area is 240 Å². The van der Waals surface area contributed by atoms with Crippen LogP contribution in [0.1, 0.15) is 60.2 Å². The molecule has 0 bridgehead atoms. The van der Waals surface area contributed by atoms with E-state index >= 15 is 0 Å². The summed E-state index contributed by atoms with van der Waals surface area (Å²) in [5, 5.41) is 0.714. The molecule has 0 aromatic heterocycles. The number of benzene rings is 2. The van der Waals surface area contributed by atoms with Crippen LogP contribution >= 0.6 is 11.6 Å². The summed E-state index contributed by atoms with van der Waals surface area (Å²) in [5.74, 6) is -0.394. The van der Waals surface area contributed by atoms with Gasteiger partial charge in [-0.05, 0) is 69.9 Å². The summed E-state index contributed by atoms with van der Waals surface area (Å²) in [6.07, 6.45) is 2.96. The van der Waals surface area contributed by atoms with Crippen LogP contribution in [0.5, 0.6) is 0 Å². The molecule has 0 spiro atoms. The molecule has 4 heterocycles. The van der Waals surface area contributed by atoms with Gasteiger partial charge in [-0.15, -0.1) is 0 Å². The number of amides is 3. The highest BCUT2D eigenvalue weighted by atomic mass is 35.5. The lowest BCUT2D eigenvalue weighted by atomic mass is 9.93. The smallest absolute Gasteiger partial charge is 0.263 e. The molecule has 4 aliphatic heterocycles. The van der Waals surface area contributed by atoms with E-state index in [4.69, 9.17) is 16.3 Å². The van der Waals surface area contributed by atoms with Crippen molar-refractivity contribution in [1.29, 1.82) is 0 Å². The molecule has 0 unspecified atom stereocenters. The lowest BCUT2D eigenvalue weighted by Crippen LogP contribution is -2.52. The largest absolute Gasteiger partial charge is 0.375 e. The van der Waals surface area contributed by atoms with Crippen LogP contribution in [0.25, 0.3) is 0 Å². The summed E-state index contributed by atoms with van der Waals surface area (Å²) >= 11 is 6.18. The molecule has 6 rings (SSSR count). The summed E-state index contributed by atoms with van der Waals surface area (Å²) in [7, 11) is 0. The van der Waals surface area contributed by atoms with Gasteiger partial charge in [-0.3, -0.25) is 19.3 Å². The van der Waals surface area contributed by atoms with E-state index < -0.39 is 0 Å². The number of carbonyl (C=O) groups excluding carboxylic acids is 3. The summed E-state index contributed by atoms with van der Waals surface area (Å²) in [6, 6.07) is 13.2. The van der Waals surface area contributed by atoms with Crippen molar-refractivity contribution in [3.05, 3.63) is 58.6 Å². The molecular weight excluding hydrogens is 528 g/mol. The maximum absolute atomic E-state index is 13.8. The quantitative estimate of drug-likeness (QED) is 0.511. The maximum atomic E-state index is 13.8. The van der Waals surface area contributed by atoms with Crippen molar-refractivity contribution in [3.63, 3.8) is 0 Å². The molecular formula is C31H37ClN4O4. The zero-order valence-electron chi connectivity index (χ0n) is 23.3. The van der Waals surface area contributed by atoms with Crippen LogP contribution < -0.4 is 9.80 Å². The van der Waals surface area contributed by atoms with Gasteiger partial charge in [0.25, 0.3) is 11.8 Å². The van der Waals surface area contributed by atoms with Gasteiger partial charge in [0.2, 0.25) is 5.91 Å². The molecule has 2 aromatic carbocycles. The van der Waals surface area contributed by atoms with Crippen LogP contribution in [-0.4, -0.2) is 85.0 Å². The first-order valence-electron chi connectivity index (χ1n) is 14.4. The van der Waals surface area contributed by atoms with E-state index in [1.54, 1.807) is 6.07 Å². The fourth-order valence-electron chi connectivity index (χ4n) is 6.81. The maximum Gasteiger partial charge on any atom is 0.263 e. The van der Waals surface area contributed by atoms with Gasteiger partial charge in [-0.2, -0.15) is 0 Å². The van der Waals surface area contributed by atoms with Crippen LogP contribution in [0, 0.1) is 5.92 Å². The zero-order valence-corrected chi connectivity index (χ0v) is 24.0. The van der Waals surface area contributed by atoms with Crippen molar-refractivity contribution in [1.82, 2.24) is 9.80 Å². The number of ether oxygens (including phenoxy) is 1. The number of carbonyl (C=O) groups is 3. The minimum Gasteiger partial charge on any atom is -0.375 e. The predicted octanol–water partition coefficient (Wildman–Crippen LogP) is 4.46. The molecule has 0 aliphatic carbocycles. The second-order valence-electron chi connectivity index (χ2n) is 12.0. The molecule has 3 amide bonds. The lowest BCUT2D eigenvalue weighted by molar-refractivity contribution is -0.136. The van der Waals surface area contributed by atoms with Gasteiger partial charge in [0.05, 0.1) is 28.3 Å². The van der Waals surface area contributed by atoms with Crippen LogP contribution in [0.15, 0.2) is 42.5 Å². The van der Waals surface area contributed by atoms with E-state index in [-0.39, 0.29) is 35.3 Å². The first-order valence-corrected chi connectivity index (χ1v) is 14.8. The van der Waals surface area contributed by atoms with E-state index in [1.165, 1.54) is 4.90 Å². The number of piperidine rings is 1. The Balaban J connectivity index is 1.15. The minimum atomic E-state index is -0.374. The third kappa shape index (κ3) is 5.07. The highest BCUT2D eigenvalue weighted by molar-refractivity contribution is 6.30. The molecule has 0 saturated carbocycles.